The molecule has 4 aromatic heterocycles. The molecule has 0 bridgehead atoms. The van der Waals surface area contributed by atoms with Crippen LogP contribution in [0.25, 0.3) is 16.9 Å². The topological polar surface area (TPSA) is 66.9 Å². The summed E-state index contributed by atoms with van der Waals surface area (Å²) in [6.07, 6.45) is 7.19. The Balaban J connectivity index is 1.49. The van der Waals surface area contributed by atoms with Gasteiger partial charge in [0, 0.05) is 43.8 Å². The van der Waals surface area contributed by atoms with Gasteiger partial charge >= 0.3 is 0 Å². The molecule has 1 aliphatic heterocycles. The van der Waals surface area contributed by atoms with Gasteiger partial charge in [0.25, 0.3) is 5.91 Å². The largest absolute Gasteiger partial charge is 0.459 e. The third-order valence-electron chi connectivity index (χ3n) is 5.50. The van der Waals surface area contributed by atoms with Gasteiger partial charge < -0.3 is 9.32 Å². The molecule has 0 radical (unpaired) electrons. The Morgan fingerprint density at radius 3 is 2.76 bits per heavy atom. The predicted octanol–water partition coefficient (Wildman–Crippen LogP) is 3.12. The third-order valence-corrected chi connectivity index (χ3v) is 5.50. The fraction of sp³-hybridized carbons (Fsp3) is 0.227. The van der Waals surface area contributed by atoms with Crippen molar-refractivity contribution in [2.75, 3.05) is 26.7 Å². The molecule has 0 N–H and O–H groups in total. The van der Waals surface area contributed by atoms with Crippen LogP contribution >= 0.6 is 0 Å². The van der Waals surface area contributed by atoms with Gasteiger partial charge in [0.1, 0.15) is 5.65 Å². The molecule has 5 rings (SSSR count). The minimum absolute atomic E-state index is 0.0212. The van der Waals surface area contributed by atoms with E-state index in [0.29, 0.717) is 18.8 Å². The van der Waals surface area contributed by atoms with Crippen molar-refractivity contribution in [3.8, 4) is 11.3 Å². The number of carbonyl (C=O) groups is 1. The summed E-state index contributed by atoms with van der Waals surface area (Å²) in [5, 5.41) is 0. The summed E-state index contributed by atoms with van der Waals surface area (Å²) < 4.78 is 7.40. The Bertz CT molecular complexity index is 1140. The lowest BCUT2D eigenvalue weighted by Gasteiger charge is -2.38. The molecule has 0 aromatic carbocycles. The maximum absolute atomic E-state index is 12.7. The van der Waals surface area contributed by atoms with E-state index in [4.69, 9.17) is 9.40 Å². The number of rotatable bonds is 3. The summed E-state index contributed by atoms with van der Waals surface area (Å²) in [5.74, 6) is 0.303. The number of hydrogen-bond donors (Lipinski definition) is 0. The van der Waals surface area contributed by atoms with Gasteiger partial charge in [-0.15, -0.1) is 0 Å². The Hall–Kier alpha value is -3.45. The lowest BCUT2D eigenvalue weighted by molar-refractivity contribution is 0.0512. The van der Waals surface area contributed by atoms with E-state index in [2.05, 4.69) is 33.6 Å². The summed E-state index contributed by atoms with van der Waals surface area (Å²) >= 11 is 0. The molecule has 1 amide bonds. The smallest absolute Gasteiger partial charge is 0.289 e. The van der Waals surface area contributed by atoms with Crippen LogP contribution < -0.4 is 0 Å². The molecule has 146 valence electrons. The molecule has 7 nitrogen and oxygen atoms in total. The number of amides is 1. The third kappa shape index (κ3) is 3.19. The van der Waals surface area contributed by atoms with Crippen molar-refractivity contribution < 1.29 is 9.21 Å². The zero-order valence-corrected chi connectivity index (χ0v) is 16.1. The van der Waals surface area contributed by atoms with Gasteiger partial charge in [-0.3, -0.25) is 19.1 Å². The number of imidazole rings is 1. The maximum atomic E-state index is 12.7. The summed E-state index contributed by atoms with van der Waals surface area (Å²) in [5.41, 5.74) is 3.98. The molecule has 7 heteroatoms. The SMILES string of the molecule is CN1CCN(C(=O)c2ccco2)C[C@H]1c1cn2c(-c3ccncc3)cccc2n1. The second-order valence-corrected chi connectivity index (χ2v) is 7.27. The first-order valence-electron chi connectivity index (χ1n) is 9.62. The quantitative estimate of drug-likeness (QED) is 0.540. The van der Waals surface area contributed by atoms with Gasteiger partial charge in [0.2, 0.25) is 0 Å². The van der Waals surface area contributed by atoms with E-state index in [1.54, 1.807) is 24.5 Å². The van der Waals surface area contributed by atoms with E-state index < -0.39 is 0 Å². The first kappa shape index (κ1) is 17.6. The number of carbonyl (C=O) groups excluding carboxylic acids is 1. The number of fused-ring (bicyclic) bond motifs is 1. The first-order valence-corrected chi connectivity index (χ1v) is 9.62. The molecule has 0 saturated carbocycles. The van der Waals surface area contributed by atoms with Crippen LogP contribution in [0.15, 0.2) is 71.7 Å². The van der Waals surface area contributed by atoms with Crippen molar-refractivity contribution in [2.24, 2.45) is 0 Å². The molecule has 1 fully saturated rings. The molecule has 1 aliphatic rings. The van der Waals surface area contributed by atoms with Crippen LogP contribution in [0, 0.1) is 0 Å². The number of pyridine rings is 2. The Kier molecular flexibility index (Phi) is 4.37. The fourth-order valence-corrected chi connectivity index (χ4v) is 3.88. The van der Waals surface area contributed by atoms with Crippen molar-refractivity contribution >= 4 is 11.6 Å². The van der Waals surface area contributed by atoms with Gasteiger partial charge in [-0.25, -0.2) is 4.98 Å². The van der Waals surface area contributed by atoms with Crippen molar-refractivity contribution in [3.63, 3.8) is 0 Å². The molecule has 1 saturated heterocycles. The van der Waals surface area contributed by atoms with Gasteiger partial charge in [-0.05, 0) is 43.4 Å². The lowest BCUT2D eigenvalue weighted by atomic mass is 10.1. The Morgan fingerprint density at radius 2 is 1.97 bits per heavy atom. The molecule has 0 unspecified atom stereocenters. The molecule has 29 heavy (non-hydrogen) atoms. The molecule has 5 heterocycles. The van der Waals surface area contributed by atoms with Crippen LogP contribution in [0.1, 0.15) is 22.3 Å². The van der Waals surface area contributed by atoms with Crippen LogP contribution in [0.5, 0.6) is 0 Å². The molecule has 4 aromatic rings. The highest BCUT2D eigenvalue weighted by Gasteiger charge is 2.31. The van der Waals surface area contributed by atoms with Crippen molar-refractivity contribution in [1.82, 2.24) is 24.2 Å². The second-order valence-electron chi connectivity index (χ2n) is 7.27. The van der Waals surface area contributed by atoms with E-state index in [-0.39, 0.29) is 11.9 Å². The Morgan fingerprint density at radius 1 is 1.10 bits per heavy atom. The van der Waals surface area contributed by atoms with E-state index in [9.17, 15) is 4.79 Å². The predicted molar refractivity (Wildman–Crippen MR) is 108 cm³/mol. The molecular formula is C22H21N5O2. The number of aromatic nitrogens is 3. The molecule has 0 aliphatic carbocycles. The van der Waals surface area contributed by atoms with Crippen molar-refractivity contribution in [2.45, 2.75) is 6.04 Å². The zero-order valence-electron chi connectivity index (χ0n) is 16.1. The van der Waals surface area contributed by atoms with Gasteiger partial charge in [-0.1, -0.05) is 6.07 Å². The van der Waals surface area contributed by atoms with E-state index in [1.807, 2.05) is 29.2 Å². The first-order chi connectivity index (χ1) is 14.2. The van der Waals surface area contributed by atoms with Crippen molar-refractivity contribution in [1.29, 1.82) is 0 Å². The number of furan rings is 1. The van der Waals surface area contributed by atoms with Gasteiger partial charge in [-0.2, -0.15) is 0 Å². The Labute approximate surface area is 168 Å². The van der Waals surface area contributed by atoms with Crippen LogP contribution in [0.3, 0.4) is 0 Å². The van der Waals surface area contributed by atoms with Crippen molar-refractivity contribution in [3.05, 3.63) is 78.8 Å². The van der Waals surface area contributed by atoms with Crippen LogP contribution in [0.4, 0.5) is 0 Å². The minimum Gasteiger partial charge on any atom is -0.459 e. The van der Waals surface area contributed by atoms with Crippen LogP contribution in [-0.4, -0.2) is 56.8 Å². The van der Waals surface area contributed by atoms with Gasteiger partial charge in [0.05, 0.1) is 23.7 Å². The number of piperazine rings is 1. The van der Waals surface area contributed by atoms with E-state index in [1.165, 1.54) is 6.26 Å². The standard InChI is InChI=1S/C22H21N5O2/c1-25-11-12-26(22(28)20-5-3-13-29-20)15-19(25)17-14-27-18(4-2-6-21(27)24-17)16-7-9-23-10-8-16/h2-10,13-14,19H,11-12,15H2,1H3/t19-/m0/s1. The van der Waals surface area contributed by atoms with Crippen LogP contribution in [-0.2, 0) is 0 Å². The molecular weight excluding hydrogens is 366 g/mol. The number of likely N-dealkylation sites (N-methyl/N-ethyl adjacent to an activating group) is 1. The highest BCUT2D eigenvalue weighted by molar-refractivity contribution is 5.91. The average molecular weight is 387 g/mol. The lowest BCUT2D eigenvalue weighted by Crippen LogP contribution is -2.49. The fourth-order valence-electron chi connectivity index (χ4n) is 3.88. The summed E-state index contributed by atoms with van der Waals surface area (Å²) in [6.45, 7) is 2.02. The van der Waals surface area contributed by atoms with Gasteiger partial charge in [0.15, 0.2) is 5.76 Å². The summed E-state index contributed by atoms with van der Waals surface area (Å²) in [7, 11) is 2.08. The average Bonchev–Trinajstić information content (AvgIpc) is 3.44. The minimum atomic E-state index is -0.0747. The van der Waals surface area contributed by atoms with Crippen LogP contribution in [0.2, 0.25) is 0 Å². The second kappa shape index (κ2) is 7.18. The van der Waals surface area contributed by atoms with E-state index in [0.717, 1.165) is 29.1 Å². The number of nitrogens with zero attached hydrogens (tertiary/aromatic N) is 5. The van der Waals surface area contributed by atoms with E-state index >= 15 is 0 Å². The number of hydrogen-bond acceptors (Lipinski definition) is 5. The highest BCUT2D eigenvalue weighted by atomic mass is 16.3. The summed E-state index contributed by atoms with van der Waals surface area (Å²) in [4.78, 5) is 25.8. The maximum Gasteiger partial charge on any atom is 0.289 e. The molecule has 1 atom stereocenters. The zero-order chi connectivity index (χ0) is 19.8. The highest BCUT2D eigenvalue weighted by Crippen LogP contribution is 2.27. The monoisotopic (exact) mass is 387 g/mol. The normalized spacial score (nSPS) is 17.7. The summed E-state index contributed by atoms with van der Waals surface area (Å²) in [6, 6.07) is 13.5. The molecule has 0 spiro atoms.